The van der Waals surface area contributed by atoms with E-state index in [0.717, 1.165) is 29.0 Å². The number of nitrogens with zero attached hydrogens (tertiary/aromatic N) is 1. The topological polar surface area (TPSA) is 88.2 Å². The van der Waals surface area contributed by atoms with Crippen LogP contribution in [0.1, 0.15) is 39.3 Å². The zero-order valence-corrected chi connectivity index (χ0v) is 18.6. The van der Waals surface area contributed by atoms with Crippen molar-refractivity contribution in [2.45, 2.75) is 37.1 Å². The number of nitrogens with one attached hydrogen (secondary N) is 2. The van der Waals surface area contributed by atoms with Crippen molar-refractivity contribution in [2.24, 2.45) is 0 Å². The molecule has 0 saturated heterocycles. The molecule has 1 aromatic heterocycles. The van der Waals surface area contributed by atoms with Gasteiger partial charge in [0.1, 0.15) is 0 Å². The Hall–Kier alpha value is -2.26. The highest BCUT2D eigenvalue weighted by molar-refractivity contribution is 7.89. The van der Waals surface area contributed by atoms with E-state index in [4.69, 9.17) is 11.6 Å². The third-order valence-corrected chi connectivity index (χ3v) is 7.73. The van der Waals surface area contributed by atoms with Crippen LogP contribution in [0.3, 0.4) is 0 Å². The molecular weight excluding hydrogens is 442 g/mol. The fraction of sp³-hybridized carbons (Fsp3) is 0.238. The number of rotatable bonds is 7. The van der Waals surface area contributed by atoms with Gasteiger partial charge in [0.15, 0.2) is 5.13 Å². The maximum Gasteiger partial charge on any atom is 0.257 e. The first-order valence-corrected chi connectivity index (χ1v) is 12.1. The summed E-state index contributed by atoms with van der Waals surface area (Å²) in [6, 6.07) is 13.5. The molecule has 1 fully saturated rings. The molecule has 30 heavy (non-hydrogen) atoms. The van der Waals surface area contributed by atoms with Crippen molar-refractivity contribution in [1.29, 1.82) is 0 Å². The van der Waals surface area contributed by atoms with Crippen LogP contribution in [-0.2, 0) is 16.4 Å². The maximum atomic E-state index is 12.6. The zero-order chi connectivity index (χ0) is 21.3. The second kappa shape index (κ2) is 8.47. The lowest BCUT2D eigenvalue weighted by Gasteiger charge is -2.06. The van der Waals surface area contributed by atoms with Gasteiger partial charge in [-0.05, 0) is 55.7 Å². The zero-order valence-electron chi connectivity index (χ0n) is 16.2. The number of carbonyl (C=O) groups is 1. The van der Waals surface area contributed by atoms with Gasteiger partial charge in [-0.3, -0.25) is 10.1 Å². The van der Waals surface area contributed by atoms with Gasteiger partial charge in [-0.1, -0.05) is 29.8 Å². The number of hydrogen-bond acceptors (Lipinski definition) is 5. The molecule has 3 aromatic rings. The van der Waals surface area contributed by atoms with Gasteiger partial charge in [-0.25, -0.2) is 18.1 Å². The van der Waals surface area contributed by atoms with Gasteiger partial charge in [0, 0.05) is 27.9 Å². The van der Waals surface area contributed by atoms with Crippen LogP contribution in [0.2, 0.25) is 5.02 Å². The Bertz CT molecular complexity index is 1190. The molecule has 9 heteroatoms. The Labute approximate surface area is 184 Å². The summed E-state index contributed by atoms with van der Waals surface area (Å²) in [7, 11) is -3.54. The SMILES string of the molecule is Cc1nc(NC(=O)c2ccc(S(=O)(=O)NC3CC3)cc2)sc1Cc1ccccc1Cl. The van der Waals surface area contributed by atoms with Gasteiger partial charge >= 0.3 is 0 Å². The molecule has 0 radical (unpaired) electrons. The summed E-state index contributed by atoms with van der Waals surface area (Å²) in [6.45, 7) is 1.89. The van der Waals surface area contributed by atoms with E-state index in [1.807, 2.05) is 31.2 Å². The predicted molar refractivity (Wildman–Crippen MR) is 119 cm³/mol. The van der Waals surface area contributed by atoms with Gasteiger partial charge in [0.05, 0.1) is 10.6 Å². The van der Waals surface area contributed by atoms with Crippen molar-refractivity contribution in [3.63, 3.8) is 0 Å². The minimum absolute atomic E-state index is 0.0334. The second-order valence-corrected chi connectivity index (χ2v) is 10.4. The number of aromatic nitrogens is 1. The molecule has 0 aliphatic heterocycles. The van der Waals surface area contributed by atoms with E-state index < -0.39 is 10.0 Å². The summed E-state index contributed by atoms with van der Waals surface area (Å²) in [5.41, 5.74) is 2.20. The van der Waals surface area contributed by atoms with E-state index in [-0.39, 0.29) is 16.8 Å². The molecular formula is C21H20ClN3O3S2. The van der Waals surface area contributed by atoms with Crippen molar-refractivity contribution >= 4 is 44.0 Å². The number of amides is 1. The average molecular weight is 462 g/mol. The van der Waals surface area contributed by atoms with Crippen molar-refractivity contribution < 1.29 is 13.2 Å². The van der Waals surface area contributed by atoms with Gasteiger partial charge in [-0.15, -0.1) is 11.3 Å². The number of aryl methyl sites for hydroxylation is 1. The standard InChI is InChI=1S/C21H20ClN3O3S2/c1-13-19(12-15-4-2-3-5-18(15)22)29-21(23-13)24-20(26)14-6-10-17(11-7-14)30(27,28)25-16-8-9-16/h2-7,10-11,16,25H,8-9,12H2,1H3,(H,23,24,26). The van der Waals surface area contributed by atoms with E-state index in [0.29, 0.717) is 22.1 Å². The van der Waals surface area contributed by atoms with Crippen LogP contribution in [0.15, 0.2) is 53.4 Å². The fourth-order valence-corrected chi connectivity index (χ4v) is 5.39. The van der Waals surface area contributed by atoms with Crippen molar-refractivity contribution in [2.75, 3.05) is 5.32 Å². The second-order valence-electron chi connectivity index (χ2n) is 7.17. The summed E-state index contributed by atoms with van der Waals surface area (Å²) in [6.07, 6.45) is 2.37. The van der Waals surface area contributed by atoms with Gasteiger partial charge < -0.3 is 0 Å². The van der Waals surface area contributed by atoms with E-state index in [1.54, 1.807) is 0 Å². The van der Waals surface area contributed by atoms with Crippen LogP contribution < -0.4 is 10.0 Å². The first-order valence-electron chi connectivity index (χ1n) is 9.45. The molecule has 1 heterocycles. The number of sulfonamides is 1. The molecule has 1 aliphatic rings. The first-order chi connectivity index (χ1) is 14.3. The largest absolute Gasteiger partial charge is 0.298 e. The number of carbonyl (C=O) groups excluding carboxylic acids is 1. The lowest BCUT2D eigenvalue weighted by Crippen LogP contribution is -2.25. The van der Waals surface area contributed by atoms with E-state index in [9.17, 15) is 13.2 Å². The Morgan fingerprint density at radius 1 is 1.17 bits per heavy atom. The molecule has 4 rings (SSSR count). The maximum absolute atomic E-state index is 12.6. The summed E-state index contributed by atoms with van der Waals surface area (Å²) >= 11 is 7.64. The minimum atomic E-state index is -3.54. The molecule has 0 spiro atoms. The van der Waals surface area contributed by atoms with Crippen LogP contribution in [0.5, 0.6) is 0 Å². The Balaban J connectivity index is 1.44. The average Bonchev–Trinajstić information content (AvgIpc) is 3.45. The molecule has 1 saturated carbocycles. The smallest absolute Gasteiger partial charge is 0.257 e. The molecule has 2 aromatic carbocycles. The number of benzene rings is 2. The molecule has 0 bridgehead atoms. The van der Waals surface area contributed by atoms with Gasteiger partial charge in [-0.2, -0.15) is 0 Å². The van der Waals surface area contributed by atoms with Crippen LogP contribution in [0, 0.1) is 6.92 Å². The number of thiazole rings is 1. The lowest BCUT2D eigenvalue weighted by molar-refractivity contribution is 0.102. The molecule has 156 valence electrons. The minimum Gasteiger partial charge on any atom is -0.298 e. The van der Waals surface area contributed by atoms with Crippen LogP contribution >= 0.6 is 22.9 Å². The molecule has 6 nitrogen and oxygen atoms in total. The highest BCUT2D eigenvalue weighted by Crippen LogP contribution is 2.28. The van der Waals surface area contributed by atoms with Crippen molar-refractivity contribution in [3.8, 4) is 0 Å². The van der Waals surface area contributed by atoms with Gasteiger partial charge in [0.2, 0.25) is 10.0 Å². The third-order valence-electron chi connectivity index (χ3n) is 4.75. The summed E-state index contributed by atoms with van der Waals surface area (Å²) in [4.78, 5) is 18.2. The molecule has 0 atom stereocenters. The van der Waals surface area contributed by atoms with Crippen LogP contribution in [-0.4, -0.2) is 25.4 Å². The Kier molecular flexibility index (Phi) is 5.92. The first kappa shape index (κ1) is 21.0. The fourth-order valence-electron chi connectivity index (χ4n) is 2.90. The van der Waals surface area contributed by atoms with Crippen LogP contribution in [0.4, 0.5) is 5.13 Å². The van der Waals surface area contributed by atoms with Crippen LogP contribution in [0.25, 0.3) is 0 Å². The van der Waals surface area contributed by atoms with E-state index in [1.165, 1.54) is 35.6 Å². The van der Waals surface area contributed by atoms with E-state index >= 15 is 0 Å². The molecule has 1 amide bonds. The lowest BCUT2D eigenvalue weighted by atomic mass is 10.1. The van der Waals surface area contributed by atoms with E-state index in [2.05, 4.69) is 15.0 Å². The van der Waals surface area contributed by atoms with Crippen molar-refractivity contribution in [1.82, 2.24) is 9.71 Å². The molecule has 1 aliphatic carbocycles. The highest BCUT2D eigenvalue weighted by atomic mass is 35.5. The number of anilines is 1. The quantitative estimate of drug-likeness (QED) is 0.546. The Morgan fingerprint density at radius 2 is 1.87 bits per heavy atom. The van der Waals surface area contributed by atoms with Crippen molar-refractivity contribution in [3.05, 3.63) is 75.3 Å². The summed E-state index contributed by atoms with van der Waals surface area (Å²) in [5, 5.41) is 3.98. The summed E-state index contributed by atoms with van der Waals surface area (Å²) in [5.74, 6) is -0.341. The summed E-state index contributed by atoms with van der Waals surface area (Å²) < 4.78 is 27.1. The molecule has 2 N–H and O–H groups in total. The number of halogens is 1. The predicted octanol–water partition coefficient (Wildman–Crippen LogP) is 4.39. The molecule has 0 unspecified atom stereocenters. The third kappa shape index (κ3) is 4.89. The monoisotopic (exact) mass is 461 g/mol. The number of hydrogen-bond donors (Lipinski definition) is 2. The normalized spacial score (nSPS) is 13.9. The highest BCUT2D eigenvalue weighted by Gasteiger charge is 2.28. The van der Waals surface area contributed by atoms with Gasteiger partial charge in [0.25, 0.3) is 5.91 Å². The Morgan fingerprint density at radius 3 is 2.53 bits per heavy atom.